The number of carbonyl (C=O) groups excluding carboxylic acids is 2. The minimum atomic E-state index is -0.355. The van der Waals surface area contributed by atoms with Gasteiger partial charge < -0.3 is 15.4 Å². The largest absolute Gasteiger partial charge is 0.368 e. The quantitative estimate of drug-likeness (QED) is 0.608. The lowest BCUT2D eigenvalue weighted by Gasteiger charge is -2.13. The molecule has 2 saturated heterocycles. The van der Waals surface area contributed by atoms with Crippen molar-refractivity contribution in [2.45, 2.75) is 31.4 Å². The van der Waals surface area contributed by atoms with E-state index >= 15 is 0 Å². The average Bonchev–Trinajstić information content (AvgIpc) is 2.77. The van der Waals surface area contributed by atoms with Crippen molar-refractivity contribution in [1.29, 1.82) is 0 Å². The van der Waals surface area contributed by atoms with Crippen LogP contribution in [0.3, 0.4) is 0 Å². The zero-order valence-electron chi connectivity index (χ0n) is 7.91. The molecule has 2 N–H and O–H groups in total. The molecule has 0 aromatic heterocycles. The van der Waals surface area contributed by atoms with Crippen molar-refractivity contribution in [2.24, 2.45) is 0 Å². The molecule has 0 aliphatic carbocycles. The van der Waals surface area contributed by atoms with E-state index in [1.54, 1.807) is 0 Å². The lowest BCUT2D eigenvalue weighted by atomic mass is 10.2. The molecule has 0 radical (unpaired) electrons. The van der Waals surface area contributed by atoms with Gasteiger partial charge in [-0.3, -0.25) is 9.59 Å². The lowest BCUT2D eigenvalue weighted by Crippen LogP contribution is -2.44. The smallest absolute Gasteiger partial charge is 0.249 e. The van der Waals surface area contributed by atoms with Crippen LogP contribution in [-0.2, 0) is 14.3 Å². The molecule has 2 heterocycles. The molecule has 2 rings (SSSR count). The molecule has 5 nitrogen and oxygen atoms in total. The maximum atomic E-state index is 11.5. The van der Waals surface area contributed by atoms with Crippen LogP contribution in [0, 0.1) is 0 Å². The van der Waals surface area contributed by atoms with Crippen molar-refractivity contribution < 1.29 is 14.3 Å². The van der Waals surface area contributed by atoms with Crippen molar-refractivity contribution >= 4 is 11.8 Å². The molecular formula is C9H14N2O3. The molecular weight excluding hydrogens is 184 g/mol. The van der Waals surface area contributed by atoms with E-state index in [0.29, 0.717) is 19.6 Å². The van der Waals surface area contributed by atoms with Crippen molar-refractivity contribution in [3.05, 3.63) is 0 Å². The molecule has 78 valence electrons. The fourth-order valence-electron chi connectivity index (χ4n) is 1.78. The van der Waals surface area contributed by atoms with Gasteiger partial charge in [-0.25, -0.2) is 0 Å². The molecule has 0 aromatic rings. The maximum absolute atomic E-state index is 11.5. The van der Waals surface area contributed by atoms with Gasteiger partial charge in [0.1, 0.15) is 12.1 Å². The van der Waals surface area contributed by atoms with E-state index in [0.717, 1.165) is 12.8 Å². The minimum absolute atomic E-state index is 0.0867. The number of carbonyl (C=O) groups is 2. The molecule has 1 unspecified atom stereocenters. The number of hydrogen-bond acceptors (Lipinski definition) is 3. The number of amides is 2. The van der Waals surface area contributed by atoms with E-state index in [1.165, 1.54) is 0 Å². The van der Waals surface area contributed by atoms with Gasteiger partial charge in [0.25, 0.3) is 0 Å². The summed E-state index contributed by atoms with van der Waals surface area (Å²) in [5, 5.41) is 5.37. The van der Waals surface area contributed by atoms with E-state index in [2.05, 4.69) is 10.6 Å². The number of nitrogens with one attached hydrogen (secondary N) is 2. The highest BCUT2D eigenvalue weighted by Crippen LogP contribution is 2.12. The first-order valence-electron chi connectivity index (χ1n) is 4.97. The second-order valence-corrected chi connectivity index (χ2v) is 3.64. The lowest BCUT2D eigenvalue weighted by molar-refractivity contribution is -0.133. The molecule has 0 bridgehead atoms. The van der Waals surface area contributed by atoms with Crippen molar-refractivity contribution in [3.8, 4) is 0 Å². The third kappa shape index (κ3) is 1.87. The Kier molecular flexibility index (Phi) is 2.67. The Labute approximate surface area is 82.2 Å². The molecule has 14 heavy (non-hydrogen) atoms. The highest BCUT2D eigenvalue weighted by molar-refractivity contribution is 5.90. The molecule has 2 amide bonds. The van der Waals surface area contributed by atoms with E-state index in [-0.39, 0.29) is 24.0 Å². The Morgan fingerprint density at radius 1 is 1.50 bits per heavy atom. The highest BCUT2D eigenvalue weighted by atomic mass is 16.5. The average molecular weight is 198 g/mol. The van der Waals surface area contributed by atoms with Crippen LogP contribution in [0.15, 0.2) is 0 Å². The predicted octanol–water partition coefficient (Wildman–Crippen LogP) is -0.830. The van der Waals surface area contributed by atoms with Crippen LogP contribution in [0.25, 0.3) is 0 Å². The third-order valence-corrected chi connectivity index (χ3v) is 2.59. The SMILES string of the molecule is O=C1NCCC1NC(=O)[C@@H]1CCCO1. The molecule has 2 aliphatic heterocycles. The summed E-state index contributed by atoms with van der Waals surface area (Å²) in [5.41, 5.74) is 0. The standard InChI is InChI=1S/C9H14N2O3/c12-8-6(3-4-10-8)11-9(13)7-2-1-5-14-7/h6-7H,1-5H2,(H,10,12)(H,11,13)/t6?,7-/m0/s1. The molecule has 0 saturated carbocycles. The zero-order valence-corrected chi connectivity index (χ0v) is 7.91. The minimum Gasteiger partial charge on any atom is -0.368 e. The van der Waals surface area contributed by atoms with Crippen LogP contribution in [0.2, 0.25) is 0 Å². The monoisotopic (exact) mass is 198 g/mol. The Hall–Kier alpha value is -1.10. The van der Waals surface area contributed by atoms with Crippen LogP contribution >= 0.6 is 0 Å². The summed E-state index contributed by atoms with van der Waals surface area (Å²) < 4.78 is 5.22. The van der Waals surface area contributed by atoms with Gasteiger partial charge in [-0.15, -0.1) is 0 Å². The fraction of sp³-hybridized carbons (Fsp3) is 0.778. The summed E-state index contributed by atoms with van der Waals surface area (Å²) in [6.07, 6.45) is 2.02. The Morgan fingerprint density at radius 3 is 2.93 bits per heavy atom. The molecule has 0 aromatic carbocycles. The van der Waals surface area contributed by atoms with Gasteiger partial charge in [0, 0.05) is 13.2 Å². The van der Waals surface area contributed by atoms with Gasteiger partial charge in [0.05, 0.1) is 0 Å². The molecule has 0 spiro atoms. The van der Waals surface area contributed by atoms with Crippen LogP contribution in [0.5, 0.6) is 0 Å². The van der Waals surface area contributed by atoms with Crippen molar-refractivity contribution in [3.63, 3.8) is 0 Å². The van der Waals surface area contributed by atoms with Crippen molar-refractivity contribution in [1.82, 2.24) is 10.6 Å². The van der Waals surface area contributed by atoms with Gasteiger partial charge in [-0.2, -0.15) is 0 Å². The molecule has 2 atom stereocenters. The van der Waals surface area contributed by atoms with E-state index < -0.39 is 0 Å². The second kappa shape index (κ2) is 3.96. The topological polar surface area (TPSA) is 67.4 Å². The number of rotatable bonds is 2. The van der Waals surface area contributed by atoms with Crippen LogP contribution in [0.1, 0.15) is 19.3 Å². The summed E-state index contributed by atoms with van der Waals surface area (Å²) in [4.78, 5) is 22.7. The Bertz CT molecular complexity index is 248. The van der Waals surface area contributed by atoms with Gasteiger partial charge in [-0.1, -0.05) is 0 Å². The second-order valence-electron chi connectivity index (χ2n) is 3.64. The van der Waals surface area contributed by atoms with Gasteiger partial charge in [0.15, 0.2) is 0 Å². The molecule has 5 heteroatoms. The van der Waals surface area contributed by atoms with Crippen LogP contribution in [0.4, 0.5) is 0 Å². The summed E-state index contributed by atoms with van der Waals surface area (Å²) in [7, 11) is 0. The normalized spacial score (nSPS) is 31.6. The van der Waals surface area contributed by atoms with E-state index in [9.17, 15) is 9.59 Å². The summed E-state index contributed by atoms with van der Waals surface area (Å²) in [6.45, 7) is 1.30. The summed E-state index contributed by atoms with van der Waals surface area (Å²) >= 11 is 0. The first kappa shape index (κ1) is 9.45. The first-order chi connectivity index (χ1) is 6.77. The zero-order chi connectivity index (χ0) is 9.97. The van der Waals surface area contributed by atoms with Crippen molar-refractivity contribution in [2.75, 3.05) is 13.2 Å². The fourth-order valence-corrected chi connectivity index (χ4v) is 1.78. The summed E-state index contributed by atoms with van der Waals surface area (Å²) in [5.74, 6) is -0.235. The van der Waals surface area contributed by atoms with Crippen LogP contribution < -0.4 is 10.6 Å². The van der Waals surface area contributed by atoms with Gasteiger partial charge >= 0.3 is 0 Å². The van der Waals surface area contributed by atoms with Gasteiger partial charge in [0.2, 0.25) is 11.8 Å². The van der Waals surface area contributed by atoms with E-state index in [4.69, 9.17) is 4.74 Å². The Balaban J connectivity index is 1.84. The first-order valence-corrected chi connectivity index (χ1v) is 4.97. The van der Waals surface area contributed by atoms with Crippen LogP contribution in [-0.4, -0.2) is 37.1 Å². The van der Waals surface area contributed by atoms with E-state index in [1.807, 2.05) is 0 Å². The maximum Gasteiger partial charge on any atom is 0.249 e. The summed E-state index contributed by atoms with van der Waals surface area (Å²) in [6, 6.07) is -0.355. The van der Waals surface area contributed by atoms with Gasteiger partial charge in [-0.05, 0) is 19.3 Å². The molecule has 2 aliphatic rings. The highest BCUT2D eigenvalue weighted by Gasteiger charge is 2.30. The number of hydrogen-bond donors (Lipinski definition) is 2. The third-order valence-electron chi connectivity index (χ3n) is 2.59. The predicted molar refractivity (Wildman–Crippen MR) is 48.5 cm³/mol. The number of ether oxygens (including phenoxy) is 1. The molecule has 2 fully saturated rings. The Morgan fingerprint density at radius 2 is 2.36 bits per heavy atom.